The van der Waals surface area contributed by atoms with E-state index in [1.54, 1.807) is 0 Å². The van der Waals surface area contributed by atoms with E-state index in [0.717, 1.165) is 6.61 Å². The minimum absolute atomic E-state index is 0.159. The summed E-state index contributed by atoms with van der Waals surface area (Å²) >= 11 is 0. The van der Waals surface area contributed by atoms with E-state index in [1.807, 2.05) is 44.2 Å². The predicted molar refractivity (Wildman–Crippen MR) is 64.6 cm³/mol. The van der Waals surface area contributed by atoms with Crippen LogP contribution in [0, 0.1) is 0 Å². The molecule has 0 saturated carbocycles. The molecule has 0 unspecified atom stereocenters. The van der Waals surface area contributed by atoms with Crippen LogP contribution in [0.3, 0.4) is 0 Å². The summed E-state index contributed by atoms with van der Waals surface area (Å²) in [6.45, 7) is 6.03. The van der Waals surface area contributed by atoms with Crippen LogP contribution in [-0.2, 0) is 4.74 Å². The highest BCUT2D eigenvalue weighted by molar-refractivity contribution is 5.17. The van der Waals surface area contributed by atoms with Crippen molar-refractivity contribution in [2.24, 2.45) is 11.5 Å². The third-order valence-electron chi connectivity index (χ3n) is 1.79. The van der Waals surface area contributed by atoms with Crippen molar-refractivity contribution in [2.45, 2.75) is 19.9 Å². The van der Waals surface area contributed by atoms with Gasteiger partial charge in [-0.25, -0.2) is 0 Å². The molecule has 1 atom stereocenters. The first kappa shape index (κ1) is 14.1. The van der Waals surface area contributed by atoms with Gasteiger partial charge in [-0.05, 0) is 19.4 Å². The van der Waals surface area contributed by atoms with Gasteiger partial charge in [-0.3, -0.25) is 0 Å². The first-order valence-electron chi connectivity index (χ1n) is 5.30. The molecule has 0 aromatic heterocycles. The maximum atomic E-state index is 5.61. The lowest BCUT2D eigenvalue weighted by atomic mass is 10.1. The van der Waals surface area contributed by atoms with Crippen LogP contribution in [0.4, 0.5) is 0 Å². The summed E-state index contributed by atoms with van der Waals surface area (Å²) in [7, 11) is 0. The van der Waals surface area contributed by atoms with E-state index in [1.165, 1.54) is 5.56 Å². The third-order valence-corrected chi connectivity index (χ3v) is 1.79. The molecule has 0 aliphatic carbocycles. The smallest absolute Gasteiger partial charge is 0.0588 e. The van der Waals surface area contributed by atoms with Crippen LogP contribution < -0.4 is 11.5 Å². The SMILES string of the molecule is CCOCCN.C[C@@H](N)c1ccccc1. The van der Waals surface area contributed by atoms with E-state index in [2.05, 4.69) is 0 Å². The summed E-state index contributed by atoms with van der Waals surface area (Å²) in [6, 6.07) is 10.2. The standard InChI is InChI=1S/C8H11N.C4H11NO/c1-7(9)8-5-3-2-4-6-8;1-2-6-4-3-5/h2-7H,9H2,1H3;2-5H2,1H3/t7-;/m1./s1. The maximum Gasteiger partial charge on any atom is 0.0588 e. The topological polar surface area (TPSA) is 61.3 Å². The highest BCUT2D eigenvalue weighted by Crippen LogP contribution is 2.06. The molecule has 3 heteroatoms. The zero-order valence-corrected chi connectivity index (χ0v) is 9.65. The molecular weight excluding hydrogens is 188 g/mol. The first-order chi connectivity index (χ1) is 7.22. The Bertz CT molecular complexity index is 220. The number of nitrogens with two attached hydrogens (primary N) is 2. The monoisotopic (exact) mass is 210 g/mol. The van der Waals surface area contributed by atoms with Crippen molar-refractivity contribution >= 4 is 0 Å². The second-order valence-corrected chi connectivity index (χ2v) is 3.18. The Labute approximate surface area is 92.4 Å². The summed E-state index contributed by atoms with van der Waals surface area (Å²) in [4.78, 5) is 0. The quantitative estimate of drug-likeness (QED) is 0.743. The van der Waals surface area contributed by atoms with E-state index >= 15 is 0 Å². The first-order valence-corrected chi connectivity index (χ1v) is 5.30. The van der Waals surface area contributed by atoms with E-state index < -0.39 is 0 Å². The van der Waals surface area contributed by atoms with Crippen LogP contribution in [0.15, 0.2) is 30.3 Å². The molecule has 0 amide bonds. The molecule has 86 valence electrons. The molecule has 15 heavy (non-hydrogen) atoms. The Hall–Kier alpha value is -0.900. The summed E-state index contributed by atoms with van der Waals surface area (Å²) in [6.07, 6.45) is 0. The van der Waals surface area contributed by atoms with Gasteiger partial charge in [0, 0.05) is 19.2 Å². The van der Waals surface area contributed by atoms with Gasteiger partial charge in [-0.1, -0.05) is 30.3 Å². The van der Waals surface area contributed by atoms with Gasteiger partial charge < -0.3 is 16.2 Å². The van der Waals surface area contributed by atoms with Gasteiger partial charge >= 0.3 is 0 Å². The molecule has 1 aromatic carbocycles. The van der Waals surface area contributed by atoms with E-state index in [9.17, 15) is 0 Å². The molecule has 1 rings (SSSR count). The van der Waals surface area contributed by atoms with Crippen molar-refractivity contribution < 1.29 is 4.74 Å². The number of ether oxygens (including phenoxy) is 1. The molecule has 4 N–H and O–H groups in total. The summed E-state index contributed by atoms with van der Waals surface area (Å²) in [5.74, 6) is 0. The molecule has 0 bridgehead atoms. The Balaban J connectivity index is 0.000000288. The zero-order valence-electron chi connectivity index (χ0n) is 9.65. The zero-order chi connectivity index (χ0) is 11.5. The van der Waals surface area contributed by atoms with Crippen molar-refractivity contribution in [3.8, 4) is 0 Å². The molecule has 0 aliphatic heterocycles. The Morgan fingerprint density at radius 3 is 2.13 bits per heavy atom. The van der Waals surface area contributed by atoms with Crippen LogP contribution in [0.2, 0.25) is 0 Å². The van der Waals surface area contributed by atoms with Crippen LogP contribution in [0.5, 0.6) is 0 Å². The minimum atomic E-state index is 0.159. The van der Waals surface area contributed by atoms with E-state index in [-0.39, 0.29) is 6.04 Å². The van der Waals surface area contributed by atoms with Crippen LogP contribution >= 0.6 is 0 Å². The highest BCUT2D eigenvalue weighted by Gasteiger charge is 1.93. The van der Waals surface area contributed by atoms with Crippen LogP contribution in [0.25, 0.3) is 0 Å². The number of hydrogen-bond donors (Lipinski definition) is 2. The summed E-state index contributed by atoms with van der Waals surface area (Å²) in [5.41, 5.74) is 11.9. The average Bonchev–Trinajstić information content (AvgIpc) is 2.28. The summed E-state index contributed by atoms with van der Waals surface area (Å²) in [5, 5.41) is 0. The number of hydrogen-bond acceptors (Lipinski definition) is 3. The van der Waals surface area contributed by atoms with E-state index in [0.29, 0.717) is 13.2 Å². The van der Waals surface area contributed by atoms with Crippen molar-refractivity contribution in [3.63, 3.8) is 0 Å². The molecule has 0 spiro atoms. The van der Waals surface area contributed by atoms with Crippen molar-refractivity contribution in [3.05, 3.63) is 35.9 Å². The van der Waals surface area contributed by atoms with Gasteiger partial charge in [0.2, 0.25) is 0 Å². The van der Waals surface area contributed by atoms with Gasteiger partial charge in [-0.15, -0.1) is 0 Å². The molecule has 1 aromatic rings. The predicted octanol–water partition coefficient (Wildman–Crippen LogP) is 1.69. The van der Waals surface area contributed by atoms with Crippen LogP contribution in [-0.4, -0.2) is 19.8 Å². The van der Waals surface area contributed by atoms with Crippen molar-refractivity contribution in [2.75, 3.05) is 19.8 Å². The summed E-state index contributed by atoms with van der Waals surface area (Å²) < 4.78 is 4.86. The molecular formula is C12H22N2O. The molecule has 0 radical (unpaired) electrons. The second kappa shape index (κ2) is 9.65. The Morgan fingerprint density at radius 2 is 1.87 bits per heavy atom. The highest BCUT2D eigenvalue weighted by atomic mass is 16.5. The van der Waals surface area contributed by atoms with Gasteiger partial charge in [0.25, 0.3) is 0 Å². The third kappa shape index (κ3) is 8.12. The van der Waals surface area contributed by atoms with Crippen molar-refractivity contribution in [1.29, 1.82) is 0 Å². The maximum absolute atomic E-state index is 5.61. The van der Waals surface area contributed by atoms with E-state index in [4.69, 9.17) is 16.2 Å². The van der Waals surface area contributed by atoms with Gasteiger partial charge in [0.15, 0.2) is 0 Å². The lowest BCUT2D eigenvalue weighted by Gasteiger charge is -2.02. The molecule has 0 saturated heterocycles. The van der Waals surface area contributed by atoms with Crippen LogP contribution in [0.1, 0.15) is 25.5 Å². The molecule has 3 nitrogen and oxygen atoms in total. The Kier molecular flexibility index (Phi) is 9.07. The van der Waals surface area contributed by atoms with Crippen molar-refractivity contribution in [1.82, 2.24) is 0 Å². The normalized spacial score (nSPS) is 11.5. The number of rotatable bonds is 4. The lowest BCUT2D eigenvalue weighted by Crippen LogP contribution is -2.07. The lowest BCUT2D eigenvalue weighted by molar-refractivity contribution is 0.155. The van der Waals surface area contributed by atoms with Gasteiger partial charge in [-0.2, -0.15) is 0 Å². The fourth-order valence-corrected chi connectivity index (χ4v) is 0.984. The fourth-order valence-electron chi connectivity index (χ4n) is 0.984. The largest absolute Gasteiger partial charge is 0.380 e. The Morgan fingerprint density at radius 1 is 1.27 bits per heavy atom. The van der Waals surface area contributed by atoms with Gasteiger partial charge in [0.1, 0.15) is 0 Å². The average molecular weight is 210 g/mol. The molecule has 0 heterocycles. The van der Waals surface area contributed by atoms with Gasteiger partial charge in [0.05, 0.1) is 6.61 Å². The number of benzene rings is 1. The minimum Gasteiger partial charge on any atom is -0.380 e. The molecule has 0 aliphatic rings. The molecule has 0 fully saturated rings. The second-order valence-electron chi connectivity index (χ2n) is 3.18. The fraction of sp³-hybridized carbons (Fsp3) is 0.500.